The molecule has 2 amide bonds. The molecule has 3 aromatic carbocycles. The summed E-state index contributed by atoms with van der Waals surface area (Å²) in [6, 6.07) is 18.9. The molecule has 0 fully saturated rings. The van der Waals surface area contributed by atoms with Crippen molar-refractivity contribution in [3.05, 3.63) is 98.2 Å². The fraction of sp³-hybridized carbons (Fsp3) is 0.241. The van der Waals surface area contributed by atoms with Crippen molar-refractivity contribution in [2.24, 2.45) is 0 Å². The molecule has 0 radical (unpaired) electrons. The molecule has 0 saturated carbocycles. The molecule has 0 saturated heterocycles. The van der Waals surface area contributed by atoms with E-state index in [9.17, 15) is 19.2 Å². The van der Waals surface area contributed by atoms with Crippen molar-refractivity contribution in [2.45, 2.75) is 32.5 Å². The molecule has 1 aliphatic heterocycles. The molecule has 0 unspecified atom stereocenters. The van der Waals surface area contributed by atoms with Crippen molar-refractivity contribution in [1.82, 2.24) is 14.5 Å². The molecule has 1 aromatic heterocycles. The largest absolute Gasteiger partial charge is 0.486 e. The monoisotopic (exact) mass is 562 g/mol. The van der Waals surface area contributed by atoms with E-state index in [2.05, 4.69) is 10.6 Å². The van der Waals surface area contributed by atoms with Crippen LogP contribution >= 0.6 is 11.6 Å². The van der Waals surface area contributed by atoms with Gasteiger partial charge < -0.3 is 20.1 Å². The summed E-state index contributed by atoms with van der Waals surface area (Å²) in [7, 11) is 0. The minimum atomic E-state index is -0.627. The first-order valence-corrected chi connectivity index (χ1v) is 13.2. The lowest BCUT2D eigenvalue weighted by Gasteiger charge is -2.19. The summed E-state index contributed by atoms with van der Waals surface area (Å²) in [5.74, 6) is 0.438. The van der Waals surface area contributed by atoms with Crippen molar-refractivity contribution in [2.75, 3.05) is 18.5 Å². The third-order valence-electron chi connectivity index (χ3n) is 6.48. The minimum absolute atomic E-state index is 0.0196. The summed E-state index contributed by atoms with van der Waals surface area (Å²) < 4.78 is 13.4. The average molecular weight is 563 g/mol. The normalized spacial score (nSPS) is 12.2. The summed E-state index contributed by atoms with van der Waals surface area (Å²) in [6.45, 7) is 0.853. The Morgan fingerprint density at radius 2 is 1.62 bits per heavy atom. The molecular weight excluding hydrogens is 536 g/mol. The van der Waals surface area contributed by atoms with Gasteiger partial charge in [0.1, 0.15) is 19.8 Å². The number of aromatic nitrogens is 2. The number of anilines is 1. The van der Waals surface area contributed by atoms with Gasteiger partial charge in [-0.05, 0) is 42.3 Å². The molecule has 0 aliphatic carbocycles. The molecule has 0 spiro atoms. The average Bonchev–Trinajstić information content (AvgIpc) is 2.96. The SMILES string of the molecule is O=C(CCCn1c(=O)c2ccccc2n(CC(=O)Nc2ccc3c(c2)OCCO3)c1=O)NCc1ccccc1Cl. The van der Waals surface area contributed by atoms with Crippen molar-refractivity contribution in [3.8, 4) is 11.5 Å². The van der Waals surface area contributed by atoms with E-state index in [1.54, 1.807) is 48.5 Å². The van der Waals surface area contributed by atoms with Crippen LogP contribution in [0.25, 0.3) is 10.9 Å². The fourth-order valence-electron chi connectivity index (χ4n) is 4.51. The van der Waals surface area contributed by atoms with Gasteiger partial charge in [0, 0.05) is 36.3 Å². The van der Waals surface area contributed by atoms with E-state index in [4.69, 9.17) is 21.1 Å². The summed E-state index contributed by atoms with van der Waals surface area (Å²) in [5, 5.41) is 6.44. The highest BCUT2D eigenvalue weighted by Crippen LogP contribution is 2.32. The molecule has 5 rings (SSSR count). The van der Waals surface area contributed by atoms with Crippen LogP contribution in [-0.4, -0.2) is 34.2 Å². The number of carbonyl (C=O) groups excluding carboxylic acids is 2. The van der Waals surface area contributed by atoms with Gasteiger partial charge in [-0.1, -0.05) is 41.9 Å². The number of para-hydroxylation sites is 1. The lowest BCUT2D eigenvalue weighted by molar-refractivity contribution is -0.121. The van der Waals surface area contributed by atoms with E-state index in [1.165, 1.54) is 4.57 Å². The van der Waals surface area contributed by atoms with Gasteiger partial charge in [0.05, 0.1) is 10.9 Å². The zero-order chi connectivity index (χ0) is 28.1. The Morgan fingerprint density at radius 1 is 0.875 bits per heavy atom. The minimum Gasteiger partial charge on any atom is -0.486 e. The second kappa shape index (κ2) is 12.1. The lowest BCUT2D eigenvalue weighted by Crippen LogP contribution is -2.42. The molecule has 4 aromatic rings. The summed E-state index contributed by atoms with van der Waals surface area (Å²) in [5.41, 5.74) is 0.532. The van der Waals surface area contributed by atoms with Gasteiger partial charge in [-0.25, -0.2) is 4.79 Å². The van der Waals surface area contributed by atoms with Crippen LogP contribution in [0, 0.1) is 0 Å². The second-order valence-electron chi connectivity index (χ2n) is 9.22. The predicted molar refractivity (Wildman–Crippen MR) is 151 cm³/mol. The molecule has 206 valence electrons. The summed E-state index contributed by atoms with van der Waals surface area (Å²) >= 11 is 6.13. The number of nitrogens with one attached hydrogen (secondary N) is 2. The maximum absolute atomic E-state index is 13.4. The lowest BCUT2D eigenvalue weighted by atomic mass is 10.2. The van der Waals surface area contributed by atoms with Crippen molar-refractivity contribution >= 4 is 40.0 Å². The van der Waals surface area contributed by atoms with Crippen LogP contribution in [0.3, 0.4) is 0 Å². The first-order valence-electron chi connectivity index (χ1n) is 12.8. The highest BCUT2D eigenvalue weighted by atomic mass is 35.5. The number of nitrogens with zero attached hydrogens (tertiary/aromatic N) is 2. The predicted octanol–water partition coefficient (Wildman–Crippen LogP) is 3.32. The van der Waals surface area contributed by atoms with Gasteiger partial charge in [0.25, 0.3) is 5.56 Å². The molecular formula is C29H27ClN4O6. The number of hydrogen-bond donors (Lipinski definition) is 2. The van der Waals surface area contributed by atoms with Crippen LogP contribution in [0.4, 0.5) is 5.69 Å². The van der Waals surface area contributed by atoms with Gasteiger partial charge in [0.2, 0.25) is 11.8 Å². The van der Waals surface area contributed by atoms with Crippen molar-refractivity contribution < 1.29 is 19.1 Å². The Morgan fingerprint density at radius 3 is 2.45 bits per heavy atom. The van der Waals surface area contributed by atoms with Crippen LogP contribution in [-0.2, 0) is 29.2 Å². The maximum Gasteiger partial charge on any atom is 0.331 e. The first kappa shape index (κ1) is 27.0. The number of fused-ring (bicyclic) bond motifs is 2. The third-order valence-corrected chi connectivity index (χ3v) is 6.85. The van der Waals surface area contributed by atoms with E-state index in [1.807, 2.05) is 18.2 Å². The number of hydrogen-bond acceptors (Lipinski definition) is 6. The van der Waals surface area contributed by atoms with E-state index >= 15 is 0 Å². The Bertz CT molecular complexity index is 1700. The molecule has 0 bridgehead atoms. The highest BCUT2D eigenvalue weighted by Gasteiger charge is 2.17. The quantitative estimate of drug-likeness (QED) is 0.323. The maximum atomic E-state index is 13.4. The van der Waals surface area contributed by atoms with Crippen LogP contribution in [0.2, 0.25) is 5.02 Å². The number of halogens is 1. The third kappa shape index (κ3) is 6.02. The molecule has 2 N–H and O–H groups in total. The topological polar surface area (TPSA) is 121 Å². The number of carbonyl (C=O) groups is 2. The van der Waals surface area contributed by atoms with Crippen LogP contribution in [0.1, 0.15) is 18.4 Å². The van der Waals surface area contributed by atoms with E-state index in [0.29, 0.717) is 46.3 Å². The number of rotatable bonds is 9. The summed E-state index contributed by atoms with van der Waals surface area (Å²) in [4.78, 5) is 51.9. The molecule has 10 nitrogen and oxygen atoms in total. The Kier molecular flexibility index (Phi) is 8.16. The molecule has 40 heavy (non-hydrogen) atoms. The van der Waals surface area contributed by atoms with Gasteiger partial charge in [-0.15, -0.1) is 0 Å². The Labute approximate surface area is 234 Å². The number of ether oxygens (including phenoxy) is 2. The highest BCUT2D eigenvalue weighted by molar-refractivity contribution is 6.31. The molecule has 2 heterocycles. The van der Waals surface area contributed by atoms with Crippen LogP contribution < -0.4 is 31.4 Å². The van der Waals surface area contributed by atoms with Gasteiger partial charge in [-0.3, -0.25) is 23.5 Å². The van der Waals surface area contributed by atoms with Crippen molar-refractivity contribution in [1.29, 1.82) is 0 Å². The van der Waals surface area contributed by atoms with Gasteiger partial charge in [-0.2, -0.15) is 0 Å². The molecule has 11 heteroatoms. The Balaban J connectivity index is 1.29. The number of benzene rings is 3. The smallest absolute Gasteiger partial charge is 0.331 e. The zero-order valence-corrected chi connectivity index (χ0v) is 22.3. The van der Waals surface area contributed by atoms with E-state index in [-0.39, 0.29) is 38.4 Å². The molecule has 1 aliphatic rings. The van der Waals surface area contributed by atoms with Crippen LogP contribution in [0.15, 0.2) is 76.3 Å². The van der Waals surface area contributed by atoms with E-state index in [0.717, 1.165) is 10.1 Å². The van der Waals surface area contributed by atoms with Crippen molar-refractivity contribution in [3.63, 3.8) is 0 Å². The second-order valence-corrected chi connectivity index (χ2v) is 9.63. The van der Waals surface area contributed by atoms with E-state index < -0.39 is 17.2 Å². The first-order chi connectivity index (χ1) is 19.4. The number of amides is 2. The van der Waals surface area contributed by atoms with Gasteiger partial charge in [0.15, 0.2) is 11.5 Å². The Hall–Kier alpha value is -4.57. The van der Waals surface area contributed by atoms with Gasteiger partial charge >= 0.3 is 5.69 Å². The zero-order valence-electron chi connectivity index (χ0n) is 21.5. The fourth-order valence-corrected chi connectivity index (χ4v) is 4.71. The molecule has 0 atom stereocenters. The summed E-state index contributed by atoms with van der Waals surface area (Å²) in [6.07, 6.45) is 0.360. The standard InChI is InChI=1S/C29H27ClN4O6/c30-22-8-3-1-6-19(22)17-31-26(35)10-5-13-33-28(37)21-7-2-4-9-23(21)34(29(33)38)18-27(36)32-20-11-12-24-25(16-20)40-15-14-39-24/h1-4,6-9,11-12,16H,5,10,13-15,17-18H2,(H,31,35)(H,32,36). The van der Waals surface area contributed by atoms with Crippen LogP contribution in [0.5, 0.6) is 11.5 Å².